The van der Waals surface area contributed by atoms with E-state index >= 15 is 0 Å². The fraction of sp³-hybridized carbons (Fsp3) is 0.133. The predicted molar refractivity (Wildman–Crippen MR) is 156 cm³/mol. The van der Waals surface area contributed by atoms with E-state index in [2.05, 4.69) is 46.5 Å². The van der Waals surface area contributed by atoms with Crippen LogP contribution in [0.25, 0.3) is 0 Å². The maximum Gasteiger partial charge on any atom is 0.262 e. The molecule has 6 nitrogen and oxygen atoms in total. The van der Waals surface area contributed by atoms with Gasteiger partial charge in [-0.25, -0.2) is 8.42 Å². The third kappa shape index (κ3) is 5.00. The van der Waals surface area contributed by atoms with Crippen molar-refractivity contribution in [1.82, 2.24) is 0 Å². The number of nitrogens with one attached hydrogen (secondary N) is 2. The Kier molecular flexibility index (Phi) is 7.15. The van der Waals surface area contributed by atoms with Crippen molar-refractivity contribution in [2.24, 2.45) is 0 Å². The van der Waals surface area contributed by atoms with E-state index in [4.69, 9.17) is 0 Å². The van der Waals surface area contributed by atoms with E-state index in [1.54, 1.807) is 12.1 Å². The molecule has 4 aromatic carbocycles. The van der Waals surface area contributed by atoms with Gasteiger partial charge < -0.3 is 5.32 Å². The van der Waals surface area contributed by atoms with Crippen molar-refractivity contribution < 1.29 is 8.42 Å². The topological polar surface area (TPSA) is 92.3 Å². The Morgan fingerprint density at radius 1 is 0.789 bits per heavy atom. The van der Waals surface area contributed by atoms with Crippen LogP contribution in [-0.2, 0) is 10.0 Å². The molecule has 1 atom stereocenters. The van der Waals surface area contributed by atoms with E-state index in [-0.39, 0.29) is 22.3 Å². The average molecular weight is 543 g/mol. The highest BCUT2D eigenvalue weighted by Gasteiger charge is 2.30. The van der Waals surface area contributed by atoms with Crippen molar-refractivity contribution in [2.75, 3.05) is 10.0 Å². The zero-order chi connectivity index (χ0) is 26.9. The molecule has 2 N–H and O–H groups in total. The monoisotopic (exact) mass is 542 g/mol. The highest BCUT2D eigenvalue weighted by Crippen LogP contribution is 2.48. The first kappa shape index (κ1) is 25.8. The van der Waals surface area contributed by atoms with Crippen LogP contribution in [0.2, 0.25) is 0 Å². The molecule has 0 unspecified atom stereocenters. The molecule has 1 aliphatic rings. The van der Waals surface area contributed by atoms with Gasteiger partial charge in [-0.3, -0.25) is 14.3 Å². The summed E-state index contributed by atoms with van der Waals surface area (Å²) in [5, 5.41) is 6.75. The minimum Gasteiger partial charge on any atom is -0.374 e. The summed E-state index contributed by atoms with van der Waals surface area (Å²) < 4.78 is 28.1. The van der Waals surface area contributed by atoms with Gasteiger partial charge in [-0.2, -0.15) is 0 Å². The molecule has 4 aromatic rings. The predicted octanol–water partition coefficient (Wildman–Crippen LogP) is 4.54. The molecule has 5 rings (SSSR count). The van der Waals surface area contributed by atoms with E-state index in [0.717, 1.165) is 11.1 Å². The Balaban J connectivity index is 1.46. The Bertz CT molecular complexity index is 1660. The second-order valence-electron chi connectivity index (χ2n) is 9.22. The third-order valence-electron chi connectivity index (χ3n) is 6.57. The van der Waals surface area contributed by atoms with Crippen LogP contribution in [0.15, 0.2) is 122 Å². The summed E-state index contributed by atoms with van der Waals surface area (Å²) in [5.74, 6) is 0. The molecule has 0 bridgehead atoms. The normalized spacial score (nSPS) is 14.3. The Labute approximate surface area is 223 Å². The van der Waals surface area contributed by atoms with Gasteiger partial charge in [0, 0.05) is 6.04 Å². The van der Waals surface area contributed by atoms with Crippen LogP contribution in [0.4, 0.5) is 11.4 Å². The summed E-state index contributed by atoms with van der Waals surface area (Å²) in [5.41, 5.74) is 0.230. The number of allylic oxidation sites excluding steroid dienone is 3. The summed E-state index contributed by atoms with van der Waals surface area (Å²) in [7, 11) is -4.87. The first-order chi connectivity index (χ1) is 18.3. The van der Waals surface area contributed by atoms with Crippen LogP contribution in [0.3, 0.4) is 0 Å². The Morgan fingerprint density at radius 3 is 1.92 bits per heavy atom. The summed E-state index contributed by atoms with van der Waals surface area (Å²) >= 11 is 0. The first-order valence-corrected chi connectivity index (χ1v) is 15.1. The maximum atomic E-state index is 12.9. The molecule has 0 saturated carbocycles. The van der Waals surface area contributed by atoms with Crippen molar-refractivity contribution in [1.29, 1.82) is 0 Å². The van der Waals surface area contributed by atoms with E-state index in [1.165, 1.54) is 28.1 Å². The van der Waals surface area contributed by atoms with Crippen LogP contribution in [0.5, 0.6) is 0 Å². The molecule has 0 amide bonds. The van der Waals surface area contributed by atoms with Gasteiger partial charge in [0.15, 0.2) is 0 Å². The van der Waals surface area contributed by atoms with Crippen molar-refractivity contribution >= 4 is 39.9 Å². The smallest absolute Gasteiger partial charge is 0.262 e. The van der Waals surface area contributed by atoms with Crippen molar-refractivity contribution in [3.63, 3.8) is 0 Å². The zero-order valence-electron chi connectivity index (χ0n) is 21.0. The number of hydrogen-bond donors (Lipinski definition) is 2. The largest absolute Gasteiger partial charge is 0.374 e. The quantitative estimate of drug-likeness (QED) is 0.239. The molecule has 0 aromatic heterocycles. The van der Waals surface area contributed by atoms with Crippen molar-refractivity contribution in [3.8, 4) is 0 Å². The minimum absolute atomic E-state index is 0.000636. The van der Waals surface area contributed by atoms with Gasteiger partial charge in [0.1, 0.15) is 11.4 Å². The summed E-state index contributed by atoms with van der Waals surface area (Å²) in [6, 6.07) is 26.6. The molecular weight excluding hydrogens is 515 g/mol. The maximum absolute atomic E-state index is 12.9. The van der Waals surface area contributed by atoms with Gasteiger partial charge in [-0.05, 0) is 61.8 Å². The number of hydrogen-bond acceptors (Lipinski definition) is 5. The van der Waals surface area contributed by atoms with Gasteiger partial charge in [0.25, 0.3) is 20.9 Å². The Morgan fingerprint density at radius 2 is 1.34 bits per heavy atom. The lowest BCUT2D eigenvalue weighted by Gasteiger charge is -2.26. The van der Waals surface area contributed by atoms with E-state index in [1.807, 2.05) is 50.2 Å². The minimum atomic E-state index is -4.02. The van der Waals surface area contributed by atoms with Gasteiger partial charge in [-0.1, -0.05) is 90.5 Å². The number of rotatable bonds is 9. The second kappa shape index (κ2) is 10.5. The summed E-state index contributed by atoms with van der Waals surface area (Å²) in [6.45, 7) is 3.78. The van der Waals surface area contributed by atoms with Crippen LogP contribution in [0, 0.1) is 6.92 Å². The van der Waals surface area contributed by atoms with Gasteiger partial charge in [0.05, 0.1) is 4.90 Å². The molecule has 192 valence electrons. The number of benzene rings is 3. The highest BCUT2D eigenvalue weighted by molar-refractivity contribution is 7.92. The summed E-state index contributed by atoms with van der Waals surface area (Å²) in [4.78, 5) is 24.9. The standard InChI is InChI=1S/C30H27N2O4PS/c1-20-16-18-24(19-17-20)38(35,36)32-28-27(29(33)30(28)34)31-21(2)25-14-9-15-26(25)37(22-10-5-3-6-11-22)23-12-7-4-8-13-23/h3-13,15-19,21,31-32H,14H2,1-2H3/t21-/m1/s1. The third-order valence-corrected chi connectivity index (χ3v) is 10.5. The van der Waals surface area contributed by atoms with Crippen LogP contribution >= 0.6 is 7.92 Å². The van der Waals surface area contributed by atoms with E-state index in [0.29, 0.717) is 6.42 Å². The van der Waals surface area contributed by atoms with Gasteiger partial charge in [-0.15, -0.1) is 0 Å². The second-order valence-corrected chi connectivity index (χ2v) is 13.1. The average Bonchev–Trinajstić information content (AvgIpc) is 3.41. The fourth-order valence-corrected chi connectivity index (χ4v) is 8.25. The number of anilines is 2. The number of aryl methyl sites for hydroxylation is 1. The van der Waals surface area contributed by atoms with Crippen LogP contribution < -0.4 is 31.5 Å². The zero-order valence-corrected chi connectivity index (χ0v) is 22.7. The van der Waals surface area contributed by atoms with Crippen molar-refractivity contribution in [2.45, 2.75) is 31.2 Å². The van der Waals surface area contributed by atoms with Gasteiger partial charge in [0.2, 0.25) is 0 Å². The fourth-order valence-electron chi connectivity index (χ4n) is 4.55. The molecule has 8 heteroatoms. The molecule has 0 spiro atoms. The molecular formula is C30H27N2O4PS. The molecule has 0 radical (unpaired) electrons. The van der Waals surface area contributed by atoms with Crippen LogP contribution in [-0.4, -0.2) is 14.5 Å². The lowest BCUT2D eigenvalue weighted by molar-refractivity contribution is 0.601. The highest BCUT2D eigenvalue weighted by atomic mass is 32.2. The first-order valence-electron chi connectivity index (χ1n) is 12.3. The summed E-state index contributed by atoms with van der Waals surface area (Å²) in [6.07, 6.45) is 4.94. The number of sulfonamides is 1. The van der Waals surface area contributed by atoms with Gasteiger partial charge >= 0.3 is 0 Å². The van der Waals surface area contributed by atoms with E-state index < -0.39 is 28.8 Å². The molecule has 0 fully saturated rings. The molecule has 0 saturated heterocycles. The van der Waals surface area contributed by atoms with Crippen molar-refractivity contribution in [3.05, 3.63) is 134 Å². The van der Waals surface area contributed by atoms with E-state index in [9.17, 15) is 18.0 Å². The Hall–Kier alpha value is -3.80. The molecule has 38 heavy (non-hydrogen) atoms. The SMILES string of the molecule is Cc1ccc(S(=O)(=O)Nc2c(N[C@H](C)C3=C(P(c4ccccc4)c4ccccc4)C=CC3)c(=O)c2=O)cc1. The molecule has 0 aliphatic heterocycles. The molecule has 1 aliphatic carbocycles. The lowest BCUT2D eigenvalue weighted by Crippen LogP contribution is -2.40. The molecule has 0 heterocycles. The lowest BCUT2D eigenvalue weighted by atomic mass is 10.1. The van der Waals surface area contributed by atoms with Crippen LogP contribution in [0.1, 0.15) is 18.9 Å².